The van der Waals surface area contributed by atoms with Crippen molar-refractivity contribution in [1.29, 1.82) is 0 Å². The molecular formula is C12H14ClFO. The third kappa shape index (κ3) is 4.00. The van der Waals surface area contributed by atoms with Crippen LogP contribution in [0.15, 0.2) is 18.2 Å². The molecule has 0 bridgehead atoms. The van der Waals surface area contributed by atoms with Crippen molar-refractivity contribution >= 4 is 17.4 Å². The van der Waals surface area contributed by atoms with Crippen LogP contribution >= 0.6 is 11.6 Å². The first-order chi connectivity index (χ1) is 6.99. The topological polar surface area (TPSA) is 17.1 Å². The fraction of sp³-hybridized carbons (Fsp3) is 0.417. The average Bonchev–Trinajstić information content (AvgIpc) is 2.10. The van der Waals surface area contributed by atoms with Gasteiger partial charge in [-0.3, -0.25) is 0 Å². The van der Waals surface area contributed by atoms with E-state index >= 15 is 0 Å². The van der Waals surface area contributed by atoms with E-state index in [9.17, 15) is 9.18 Å². The molecule has 1 nitrogen and oxygen atoms in total. The molecule has 0 aliphatic heterocycles. The molecule has 82 valence electrons. The van der Waals surface area contributed by atoms with E-state index in [4.69, 9.17) is 11.6 Å². The highest BCUT2D eigenvalue weighted by Crippen LogP contribution is 2.21. The Hall–Kier alpha value is -0.890. The molecule has 1 aromatic rings. The van der Waals surface area contributed by atoms with Crippen molar-refractivity contribution < 1.29 is 9.18 Å². The van der Waals surface area contributed by atoms with Crippen molar-refractivity contribution in [3.05, 3.63) is 34.6 Å². The van der Waals surface area contributed by atoms with Gasteiger partial charge in [-0.25, -0.2) is 4.39 Å². The van der Waals surface area contributed by atoms with Gasteiger partial charge in [-0.05, 0) is 43.0 Å². The quantitative estimate of drug-likeness (QED) is 0.769. The van der Waals surface area contributed by atoms with Crippen molar-refractivity contribution in [3.8, 4) is 0 Å². The predicted octanol–water partition coefficient (Wildman–Crippen LogP) is 3.64. The van der Waals surface area contributed by atoms with Gasteiger partial charge in [0.05, 0.1) is 0 Å². The number of ketones is 1. The number of halogens is 2. The van der Waals surface area contributed by atoms with E-state index < -0.39 is 0 Å². The van der Waals surface area contributed by atoms with Gasteiger partial charge in [0.2, 0.25) is 0 Å². The molecular weight excluding hydrogens is 215 g/mol. The molecule has 0 saturated carbocycles. The summed E-state index contributed by atoms with van der Waals surface area (Å²) in [5.41, 5.74) is 0.769. The fourth-order valence-corrected chi connectivity index (χ4v) is 1.83. The molecule has 0 amide bonds. The first-order valence-corrected chi connectivity index (χ1v) is 5.30. The highest BCUT2D eigenvalue weighted by Gasteiger charge is 2.09. The number of carbonyl (C=O) groups excluding carboxylic acids is 1. The van der Waals surface area contributed by atoms with Gasteiger partial charge in [-0.1, -0.05) is 18.5 Å². The van der Waals surface area contributed by atoms with Crippen LogP contribution in [0.1, 0.15) is 25.8 Å². The number of Topliss-reactive ketones (excluding diaryl/α,β-unsaturated/α-hetero) is 1. The summed E-state index contributed by atoms with van der Waals surface area (Å²) in [4.78, 5) is 10.9. The van der Waals surface area contributed by atoms with Gasteiger partial charge in [0.1, 0.15) is 11.6 Å². The third-order valence-corrected chi connectivity index (χ3v) is 2.58. The van der Waals surface area contributed by atoms with Gasteiger partial charge in [-0.2, -0.15) is 0 Å². The van der Waals surface area contributed by atoms with Crippen LogP contribution in [0.2, 0.25) is 5.02 Å². The molecule has 0 heterocycles. The standard InChI is InChI=1S/C12H14ClFO/c1-8(5-9(2)15)6-10-7-11(14)3-4-12(10)13/h3-4,7-8H,5-6H2,1-2H3. The smallest absolute Gasteiger partial charge is 0.130 e. The van der Waals surface area contributed by atoms with Crippen molar-refractivity contribution in [2.75, 3.05) is 0 Å². The SMILES string of the molecule is CC(=O)CC(C)Cc1cc(F)ccc1Cl. The summed E-state index contributed by atoms with van der Waals surface area (Å²) < 4.78 is 12.9. The molecule has 1 aromatic carbocycles. The van der Waals surface area contributed by atoms with Gasteiger partial charge in [0.15, 0.2) is 0 Å². The number of hydrogen-bond acceptors (Lipinski definition) is 1. The molecule has 0 fully saturated rings. The first kappa shape index (κ1) is 12.2. The maximum Gasteiger partial charge on any atom is 0.130 e. The molecule has 3 heteroatoms. The second kappa shape index (κ2) is 5.26. The van der Waals surface area contributed by atoms with Crippen LogP contribution < -0.4 is 0 Å². The number of rotatable bonds is 4. The van der Waals surface area contributed by atoms with E-state index in [1.165, 1.54) is 12.1 Å². The summed E-state index contributed by atoms with van der Waals surface area (Å²) >= 11 is 5.93. The second-order valence-electron chi connectivity index (χ2n) is 3.95. The average molecular weight is 229 g/mol. The highest BCUT2D eigenvalue weighted by molar-refractivity contribution is 6.31. The number of benzene rings is 1. The van der Waals surface area contributed by atoms with Gasteiger partial charge in [0.25, 0.3) is 0 Å². The Kier molecular flexibility index (Phi) is 4.28. The number of carbonyl (C=O) groups is 1. The first-order valence-electron chi connectivity index (χ1n) is 4.92. The zero-order valence-electron chi connectivity index (χ0n) is 8.89. The molecule has 0 radical (unpaired) electrons. The van der Waals surface area contributed by atoms with Crippen LogP contribution in [-0.2, 0) is 11.2 Å². The van der Waals surface area contributed by atoms with Crippen LogP contribution in [-0.4, -0.2) is 5.78 Å². The van der Waals surface area contributed by atoms with E-state index in [2.05, 4.69) is 0 Å². The molecule has 0 N–H and O–H groups in total. The lowest BCUT2D eigenvalue weighted by Gasteiger charge is -2.10. The lowest BCUT2D eigenvalue weighted by atomic mass is 9.96. The maximum atomic E-state index is 12.9. The minimum atomic E-state index is -0.288. The maximum absolute atomic E-state index is 12.9. The van der Waals surface area contributed by atoms with Gasteiger partial charge >= 0.3 is 0 Å². The van der Waals surface area contributed by atoms with Crippen LogP contribution in [0.3, 0.4) is 0 Å². The Morgan fingerprint density at radius 3 is 2.80 bits per heavy atom. The predicted molar refractivity (Wildman–Crippen MR) is 59.6 cm³/mol. The van der Waals surface area contributed by atoms with Crippen molar-refractivity contribution in [2.24, 2.45) is 5.92 Å². The summed E-state index contributed by atoms with van der Waals surface area (Å²) in [6.45, 7) is 3.52. The molecule has 1 unspecified atom stereocenters. The van der Waals surface area contributed by atoms with Gasteiger partial charge in [-0.15, -0.1) is 0 Å². The van der Waals surface area contributed by atoms with E-state index in [1.807, 2.05) is 6.92 Å². The van der Waals surface area contributed by atoms with Crippen LogP contribution in [0, 0.1) is 11.7 Å². The highest BCUT2D eigenvalue weighted by atomic mass is 35.5. The summed E-state index contributed by atoms with van der Waals surface area (Å²) in [5, 5.41) is 0.562. The zero-order chi connectivity index (χ0) is 11.4. The van der Waals surface area contributed by atoms with E-state index in [1.54, 1.807) is 13.0 Å². The Morgan fingerprint density at radius 1 is 1.53 bits per heavy atom. The zero-order valence-corrected chi connectivity index (χ0v) is 9.64. The third-order valence-electron chi connectivity index (χ3n) is 2.21. The van der Waals surface area contributed by atoms with Gasteiger partial charge < -0.3 is 4.79 Å². The summed E-state index contributed by atoms with van der Waals surface area (Å²) in [6.07, 6.45) is 1.14. The van der Waals surface area contributed by atoms with Crippen molar-refractivity contribution in [3.63, 3.8) is 0 Å². The summed E-state index contributed by atoms with van der Waals surface area (Å²) in [5.74, 6) is 0.0567. The largest absolute Gasteiger partial charge is 0.300 e. The van der Waals surface area contributed by atoms with E-state index in [0.29, 0.717) is 17.9 Å². The molecule has 0 saturated heterocycles. The van der Waals surface area contributed by atoms with E-state index in [-0.39, 0.29) is 17.5 Å². The minimum absolute atomic E-state index is 0.148. The van der Waals surface area contributed by atoms with Crippen LogP contribution in [0.25, 0.3) is 0 Å². The molecule has 0 aromatic heterocycles. The second-order valence-corrected chi connectivity index (χ2v) is 4.36. The van der Waals surface area contributed by atoms with Crippen LogP contribution in [0.4, 0.5) is 4.39 Å². The lowest BCUT2D eigenvalue weighted by molar-refractivity contribution is -0.117. The fourth-order valence-electron chi connectivity index (χ4n) is 1.64. The molecule has 15 heavy (non-hydrogen) atoms. The molecule has 0 aliphatic rings. The monoisotopic (exact) mass is 228 g/mol. The molecule has 1 atom stereocenters. The van der Waals surface area contributed by atoms with E-state index in [0.717, 1.165) is 5.56 Å². The Labute approximate surface area is 94.3 Å². The van der Waals surface area contributed by atoms with Gasteiger partial charge in [0, 0.05) is 11.4 Å². The summed E-state index contributed by atoms with van der Waals surface area (Å²) in [7, 11) is 0. The Morgan fingerprint density at radius 2 is 2.20 bits per heavy atom. The minimum Gasteiger partial charge on any atom is -0.300 e. The molecule has 1 rings (SSSR count). The number of hydrogen-bond donors (Lipinski definition) is 0. The molecule has 0 spiro atoms. The normalized spacial score (nSPS) is 12.5. The Bertz CT molecular complexity index is 363. The lowest BCUT2D eigenvalue weighted by Crippen LogP contribution is -2.05. The molecule has 0 aliphatic carbocycles. The summed E-state index contributed by atoms with van der Waals surface area (Å²) in [6, 6.07) is 4.31. The van der Waals surface area contributed by atoms with Crippen molar-refractivity contribution in [1.82, 2.24) is 0 Å². The van der Waals surface area contributed by atoms with Crippen LogP contribution in [0.5, 0.6) is 0 Å². The van der Waals surface area contributed by atoms with Crippen molar-refractivity contribution in [2.45, 2.75) is 26.7 Å². The Balaban J connectivity index is 2.71.